The highest BCUT2D eigenvalue weighted by Gasteiger charge is 2.44. The molecule has 0 saturated carbocycles. The van der Waals surface area contributed by atoms with Gasteiger partial charge in [0.05, 0.1) is 40.5 Å². The highest BCUT2D eigenvalue weighted by Crippen LogP contribution is 2.41. The molecule has 0 radical (unpaired) electrons. The van der Waals surface area contributed by atoms with Crippen LogP contribution in [0.3, 0.4) is 0 Å². The van der Waals surface area contributed by atoms with Gasteiger partial charge in [0.2, 0.25) is 5.91 Å². The molecule has 4 aliphatic heterocycles. The third kappa shape index (κ3) is 12.5. The van der Waals surface area contributed by atoms with E-state index in [2.05, 4.69) is 49.1 Å². The van der Waals surface area contributed by atoms with Gasteiger partial charge in [0.15, 0.2) is 9.84 Å². The first kappa shape index (κ1) is 59.6. The number of nitrogens with one attached hydrogen (secondary N) is 2. The van der Waals surface area contributed by atoms with E-state index in [1.54, 1.807) is 76.8 Å². The van der Waals surface area contributed by atoms with E-state index in [1.165, 1.54) is 18.5 Å². The second kappa shape index (κ2) is 23.1. The topological polar surface area (TPSA) is 220 Å². The van der Waals surface area contributed by atoms with Crippen molar-refractivity contribution in [2.24, 2.45) is 0 Å². The van der Waals surface area contributed by atoms with E-state index >= 15 is 0 Å². The minimum atomic E-state index is -3.87. The number of aryl methyl sites for hydroxylation is 1. The number of benzene rings is 3. The number of aromatic nitrogens is 5. The summed E-state index contributed by atoms with van der Waals surface area (Å²) in [6.45, 7) is 24.9. The third-order valence-corrected chi connectivity index (χ3v) is 19.0. The number of hydrogen-bond donors (Lipinski definition) is 2. The molecule has 2 saturated heterocycles. The number of halogens is 1. The molecule has 6 aromatic rings. The Bertz CT molecular complexity index is 3630. The van der Waals surface area contributed by atoms with E-state index in [9.17, 15) is 32.0 Å². The van der Waals surface area contributed by atoms with Gasteiger partial charge in [0.25, 0.3) is 11.8 Å². The number of H-pyrrole nitrogens is 1. The van der Waals surface area contributed by atoms with Crippen molar-refractivity contribution < 1.29 is 41.5 Å². The monoisotopic (exact) mass is 1170 g/mol. The number of anilines is 3. The number of carbonyl (C=O) groups excluding carboxylic acids is 4. The summed E-state index contributed by atoms with van der Waals surface area (Å²) in [5.74, 6) is 0.455. The number of nitrogens with zero attached hydrogens (tertiary/aromatic N) is 10. The number of amides is 4. The fourth-order valence-electron chi connectivity index (χ4n) is 11.5. The van der Waals surface area contributed by atoms with Crippen molar-refractivity contribution in [3.05, 3.63) is 124 Å². The average molecular weight is 1170 g/mol. The minimum Gasteiger partial charge on any atom is -0.492 e. The first-order chi connectivity index (χ1) is 39.6. The van der Waals surface area contributed by atoms with Crippen molar-refractivity contribution in [3.8, 4) is 5.75 Å². The first-order valence-electron chi connectivity index (χ1n) is 28.8. The lowest BCUT2D eigenvalue weighted by molar-refractivity contribution is -0.121. The first-order valence-corrected chi connectivity index (χ1v) is 30.3. The Labute approximate surface area is 491 Å². The van der Waals surface area contributed by atoms with Gasteiger partial charge in [-0.25, -0.2) is 27.6 Å². The molecule has 0 bridgehead atoms. The maximum Gasteiger partial charge on any atom is 0.410 e. The second-order valence-electron chi connectivity index (χ2n) is 25.4. The number of sulfone groups is 1. The summed E-state index contributed by atoms with van der Waals surface area (Å²) in [5, 5.41) is 11.0. The van der Waals surface area contributed by atoms with Crippen LogP contribution in [0.25, 0.3) is 10.9 Å². The number of rotatable bonds is 15. The van der Waals surface area contributed by atoms with Crippen molar-refractivity contribution in [2.75, 3.05) is 82.3 Å². The number of pyridine rings is 1. The average Bonchev–Trinajstić information content (AvgIpc) is 1.59. The van der Waals surface area contributed by atoms with Crippen LogP contribution in [-0.4, -0.2) is 176 Å². The van der Waals surface area contributed by atoms with Crippen molar-refractivity contribution in [2.45, 2.75) is 128 Å². The Morgan fingerprint density at radius 1 is 0.905 bits per heavy atom. The lowest BCUT2D eigenvalue weighted by Gasteiger charge is -2.46. The van der Waals surface area contributed by atoms with Crippen molar-refractivity contribution >= 4 is 61.9 Å². The van der Waals surface area contributed by atoms with Crippen molar-refractivity contribution in [1.29, 1.82) is 0 Å². The van der Waals surface area contributed by atoms with Gasteiger partial charge in [-0.2, -0.15) is 5.10 Å². The fourth-order valence-corrected chi connectivity index (χ4v) is 12.8. The van der Waals surface area contributed by atoms with Crippen LogP contribution < -0.4 is 15.0 Å². The molecule has 2 fully saturated rings. The normalized spacial score (nSPS) is 18.5. The standard InChI is InChI=1S/C62H77FN12O8S/c1-38-31-72(35-53(76)75-36-62(10,11)54-50(75)26-42(30-64-54)25-41-13-17-45(63)18-14-41)46(34-74(38)59(79)83-60(4,5)6)33-73-32-44-16-15-43(27-47(44)58(73)78)57(77)71-22-20-70(21-23-71)19-12-24-82-51-29-49-48(28-52(51)84(80,81)61(7,8)9)56(66-37-65-49)67-55-39(2)40(3)68-69-55/h13-18,26-30,37-38,46H,12,19-25,31-36H2,1-11H3,(H2,65,66,67,68,69)/t38-,46+/m1/s1. The summed E-state index contributed by atoms with van der Waals surface area (Å²) in [7, 11) is -3.87. The predicted octanol–water partition coefficient (Wildman–Crippen LogP) is 8.23. The Hall–Kier alpha value is -7.56. The Morgan fingerprint density at radius 2 is 1.64 bits per heavy atom. The number of ether oxygens (including phenoxy) is 2. The molecule has 2 atom stereocenters. The van der Waals surface area contributed by atoms with Crippen LogP contribution in [0.4, 0.5) is 26.5 Å². The lowest BCUT2D eigenvalue weighted by atomic mass is 9.91. The highest BCUT2D eigenvalue weighted by molar-refractivity contribution is 7.92. The number of hydrogen-bond acceptors (Lipinski definition) is 15. The summed E-state index contributed by atoms with van der Waals surface area (Å²) < 4.78 is 52.8. The molecular weight excluding hydrogens is 1090 g/mol. The Kier molecular flexibility index (Phi) is 16.4. The van der Waals surface area contributed by atoms with Gasteiger partial charge in [-0.1, -0.05) is 32.0 Å². The smallest absolute Gasteiger partial charge is 0.410 e. The van der Waals surface area contributed by atoms with Crippen LogP contribution in [0.5, 0.6) is 5.75 Å². The van der Waals surface area contributed by atoms with Crippen LogP contribution in [-0.2, 0) is 37.7 Å². The molecule has 0 aliphatic carbocycles. The zero-order valence-electron chi connectivity index (χ0n) is 50.0. The zero-order chi connectivity index (χ0) is 60.2. The van der Waals surface area contributed by atoms with Gasteiger partial charge in [-0.15, -0.1) is 0 Å². The molecule has 446 valence electrons. The lowest BCUT2D eigenvalue weighted by Crippen LogP contribution is -2.63. The van der Waals surface area contributed by atoms with Gasteiger partial charge in [-0.05, 0) is 128 Å². The molecule has 0 unspecified atom stereocenters. The summed E-state index contributed by atoms with van der Waals surface area (Å²) >= 11 is 0. The Balaban J connectivity index is 0.770. The quantitative estimate of drug-likeness (QED) is 0.0925. The van der Waals surface area contributed by atoms with Gasteiger partial charge in [-0.3, -0.25) is 34.3 Å². The van der Waals surface area contributed by atoms with Crippen LogP contribution in [0.1, 0.15) is 123 Å². The van der Waals surface area contributed by atoms with E-state index in [-0.39, 0.29) is 66.5 Å². The van der Waals surface area contributed by atoms with E-state index in [0.717, 1.165) is 39.3 Å². The van der Waals surface area contributed by atoms with E-state index in [1.807, 2.05) is 59.9 Å². The largest absolute Gasteiger partial charge is 0.492 e. The fraction of sp³-hybridized carbons (Fsp3) is 0.484. The van der Waals surface area contributed by atoms with Crippen molar-refractivity contribution in [1.82, 2.24) is 49.6 Å². The van der Waals surface area contributed by atoms with Crippen LogP contribution in [0.15, 0.2) is 78.1 Å². The Morgan fingerprint density at radius 3 is 2.33 bits per heavy atom. The molecule has 7 heterocycles. The molecule has 3 aromatic carbocycles. The van der Waals surface area contributed by atoms with Gasteiger partial charge >= 0.3 is 6.09 Å². The van der Waals surface area contributed by atoms with Crippen LogP contribution in [0, 0.1) is 19.7 Å². The molecule has 20 nitrogen and oxygen atoms in total. The molecule has 2 N–H and O–H groups in total. The minimum absolute atomic E-state index is 0.0310. The van der Waals surface area contributed by atoms with E-state index < -0.39 is 37.7 Å². The maximum absolute atomic E-state index is 14.7. The molecule has 0 spiro atoms. The van der Waals surface area contributed by atoms with E-state index in [4.69, 9.17) is 14.5 Å². The third-order valence-electron chi connectivity index (χ3n) is 16.4. The molecular formula is C62H77FN12O8S. The summed E-state index contributed by atoms with van der Waals surface area (Å²) in [4.78, 5) is 82.1. The second-order valence-corrected chi connectivity index (χ2v) is 28.1. The molecule has 3 aromatic heterocycles. The number of piperazine rings is 2. The molecule has 4 amide bonds. The number of aromatic amines is 1. The number of carbonyl (C=O) groups is 4. The molecule has 4 aliphatic rings. The summed E-state index contributed by atoms with van der Waals surface area (Å²) in [5.41, 5.74) is 6.12. The van der Waals surface area contributed by atoms with Gasteiger partial charge in [0, 0.05) is 117 Å². The molecule has 84 heavy (non-hydrogen) atoms. The summed E-state index contributed by atoms with van der Waals surface area (Å²) in [6.07, 6.45) is 3.89. The maximum atomic E-state index is 14.7. The zero-order valence-corrected chi connectivity index (χ0v) is 50.8. The van der Waals surface area contributed by atoms with Crippen LogP contribution >= 0.6 is 0 Å². The predicted molar refractivity (Wildman–Crippen MR) is 318 cm³/mol. The van der Waals surface area contributed by atoms with Crippen molar-refractivity contribution in [3.63, 3.8) is 0 Å². The molecule has 22 heteroatoms. The summed E-state index contributed by atoms with van der Waals surface area (Å²) in [6, 6.07) is 16.2. The molecule has 10 rings (SSSR count). The van der Waals surface area contributed by atoms with Gasteiger partial charge in [0.1, 0.15) is 40.0 Å². The van der Waals surface area contributed by atoms with Gasteiger partial charge < -0.3 is 34.4 Å². The highest BCUT2D eigenvalue weighted by atomic mass is 32.2. The number of fused-ring (bicyclic) bond motifs is 3. The van der Waals surface area contributed by atoms with Crippen LogP contribution in [0.2, 0.25) is 0 Å². The SMILES string of the molecule is Cc1n[nH]c(Nc2ncnc3cc(OCCCN4CCN(C(=O)c5ccc6c(c5)C(=O)N(C[C@H]5CN(C(=O)OC(C)(C)C)[C@H](C)CN5CC(=O)N5CC(C)(C)c7ncc(Cc8ccc(F)cc8)cc75)C6)CC4)c(S(=O)(=O)C(C)(C)C)cc23)c1C. The van der Waals surface area contributed by atoms with E-state index in [0.29, 0.717) is 98.9 Å².